The molecule has 7 aliphatic heterocycles. The number of likely N-dealkylation sites (N-methyl/N-ethyl adjacent to an activating group) is 1. The van der Waals surface area contributed by atoms with Crippen LogP contribution in [0.15, 0.2) is 18.2 Å². The van der Waals surface area contributed by atoms with Gasteiger partial charge in [-0.15, -0.1) is 11.8 Å². The summed E-state index contributed by atoms with van der Waals surface area (Å²) < 4.78 is 42.5. The summed E-state index contributed by atoms with van der Waals surface area (Å²) in [6.45, 7) is 7.37. The number of phenols is 1. The van der Waals surface area contributed by atoms with Crippen LogP contribution in [0.25, 0.3) is 0 Å². The molecule has 0 aromatic heterocycles. The van der Waals surface area contributed by atoms with Crippen LogP contribution in [0.3, 0.4) is 0 Å². The van der Waals surface area contributed by atoms with Gasteiger partial charge in [0.15, 0.2) is 40.0 Å². The van der Waals surface area contributed by atoms with E-state index in [1.807, 2.05) is 31.9 Å². The Hall–Kier alpha value is -4.74. The molecule has 15 nitrogen and oxygen atoms in total. The topological polar surface area (TPSA) is 175 Å². The maximum absolute atomic E-state index is 15.0. The Balaban J connectivity index is 1.20. The number of piperazine rings is 1. The number of hydrogen-bond donors (Lipinski definition) is 3. The van der Waals surface area contributed by atoms with Crippen molar-refractivity contribution in [2.45, 2.75) is 120 Å². The number of unbranched alkanes of at least 4 members (excludes halogenated alkanes) is 4. The van der Waals surface area contributed by atoms with Crippen LogP contribution in [0.5, 0.6) is 40.2 Å². The third-order valence-corrected chi connectivity index (χ3v) is 15.4. The van der Waals surface area contributed by atoms with E-state index < -0.39 is 53.1 Å². The van der Waals surface area contributed by atoms with Gasteiger partial charge in [0.1, 0.15) is 18.6 Å². The summed E-state index contributed by atoms with van der Waals surface area (Å²) >= 11 is 1.47. The van der Waals surface area contributed by atoms with Crippen LogP contribution in [0.1, 0.15) is 114 Å². The number of aliphatic hydroxyl groups is 1. The number of carbonyl (C=O) groups excluding carboxylic acids is 3. The lowest BCUT2D eigenvalue weighted by atomic mass is 9.73. The van der Waals surface area contributed by atoms with Crippen molar-refractivity contribution < 1.29 is 57.8 Å². The van der Waals surface area contributed by atoms with Crippen molar-refractivity contribution in [2.24, 2.45) is 0 Å². The molecule has 2 saturated heterocycles. The number of aliphatic hydroxyl groups excluding tert-OH is 1. The molecule has 1 spiro atoms. The van der Waals surface area contributed by atoms with Crippen molar-refractivity contribution in [3.05, 3.63) is 62.7 Å². The Labute approximate surface area is 371 Å². The molecule has 16 heteroatoms. The summed E-state index contributed by atoms with van der Waals surface area (Å²) in [5.41, 5.74) is 4.29. The van der Waals surface area contributed by atoms with E-state index in [1.54, 1.807) is 12.1 Å². The van der Waals surface area contributed by atoms with Gasteiger partial charge in [-0.1, -0.05) is 38.7 Å². The number of rotatable bonds is 10. The Kier molecular flexibility index (Phi) is 11.7. The number of nitrogens with one attached hydrogen (secondary N) is 1. The fourth-order valence-electron chi connectivity index (χ4n) is 11.1. The molecule has 0 saturated carbocycles. The van der Waals surface area contributed by atoms with E-state index in [1.165, 1.54) is 32.9 Å². The van der Waals surface area contributed by atoms with Gasteiger partial charge in [0.25, 0.3) is 0 Å². The van der Waals surface area contributed by atoms with Gasteiger partial charge in [0.05, 0.1) is 37.6 Å². The Morgan fingerprint density at radius 2 is 1.73 bits per heavy atom. The highest BCUT2D eigenvalue weighted by Crippen LogP contribution is 2.64. The highest BCUT2D eigenvalue weighted by Gasteiger charge is 2.61. The Bertz CT molecular complexity index is 2360. The summed E-state index contributed by atoms with van der Waals surface area (Å²) in [6, 6.07) is 3.29. The number of ether oxygens (including phenoxy) is 7. The van der Waals surface area contributed by atoms with Gasteiger partial charge in [-0.25, -0.2) is 4.79 Å². The standard InChI is InChI=1S/C47H57N3O12S/c1-8-9-10-11-12-13-33(52)62-32-18-26-14-15-48-47(28(26)19-31(32)56-6)21-63-44-36-35(43-42(59-22-60-43)24(3)41(36)61-25(4)51)30(20-58-46(47)55)50-38(44)37-34-27(17-29(45(50)54)49(37)5)16-23(2)40(57-7)39(34)53/h16,18-19,29-30,37-38,44-45,48,53-54H,8-15,17,20-22H2,1-7H3/t29-,30+,37-,38?,44-,45+,47-/m1/s1. The van der Waals surface area contributed by atoms with E-state index in [-0.39, 0.29) is 37.3 Å². The highest BCUT2D eigenvalue weighted by molar-refractivity contribution is 7.99. The molecule has 1 unspecified atom stereocenters. The zero-order valence-corrected chi connectivity index (χ0v) is 37.8. The quantitative estimate of drug-likeness (QED) is 0.123. The second-order valence-corrected chi connectivity index (χ2v) is 18.7. The maximum atomic E-state index is 15.0. The van der Waals surface area contributed by atoms with Crippen LogP contribution in [0, 0.1) is 13.8 Å². The van der Waals surface area contributed by atoms with Crippen LogP contribution in [-0.2, 0) is 37.5 Å². The van der Waals surface area contributed by atoms with Crippen LogP contribution in [-0.4, -0.2) is 103 Å². The van der Waals surface area contributed by atoms with Gasteiger partial charge in [0.2, 0.25) is 6.79 Å². The first-order valence-corrected chi connectivity index (χ1v) is 23.1. The van der Waals surface area contributed by atoms with E-state index in [4.69, 9.17) is 33.2 Å². The molecule has 3 N–H and O–H groups in total. The third kappa shape index (κ3) is 6.98. The summed E-state index contributed by atoms with van der Waals surface area (Å²) in [4.78, 5) is 45.3. The number of aryl methyl sites for hydroxylation is 1. The van der Waals surface area contributed by atoms with Crippen molar-refractivity contribution in [2.75, 3.05) is 47.0 Å². The Morgan fingerprint density at radius 1 is 0.952 bits per heavy atom. The smallest absolute Gasteiger partial charge is 0.331 e. The van der Waals surface area contributed by atoms with Crippen LogP contribution in [0.2, 0.25) is 0 Å². The first-order chi connectivity index (χ1) is 30.3. The van der Waals surface area contributed by atoms with E-state index in [0.717, 1.165) is 48.8 Å². The van der Waals surface area contributed by atoms with E-state index in [9.17, 15) is 19.8 Å². The van der Waals surface area contributed by atoms with Crippen molar-refractivity contribution in [1.82, 2.24) is 15.1 Å². The molecule has 0 amide bonds. The van der Waals surface area contributed by atoms with Crippen molar-refractivity contribution in [3.8, 4) is 40.2 Å². The fraction of sp³-hybridized carbons (Fsp3) is 0.553. The lowest BCUT2D eigenvalue weighted by Gasteiger charge is -2.62. The average molecular weight is 888 g/mol. The van der Waals surface area contributed by atoms with Gasteiger partial charge in [-0.3, -0.25) is 24.7 Å². The first-order valence-electron chi connectivity index (χ1n) is 22.0. The van der Waals surface area contributed by atoms with Gasteiger partial charge < -0.3 is 43.4 Å². The third-order valence-electron chi connectivity index (χ3n) is 14.0. The summed E-state index contributed by atoms with van der Waals surface area (Å²) in [6.07, 6.45) is 5.21. The lowest BCUT2D eigenvalue weighted by Crippen LogP contribution is -2.70. The van der Waals surface area contributed by atoms with E-state index >= 15 is 4.79 Å². The zero-order valence-electron chi connectivity index (χ0n) is 37.0. The minimum absolute atomic E-state index is 0.0327. The molecule has 2 fully saturated rings. The minimum atomic E-state index is -1.41. The first kappa shape index (κ1) is 43.5. The zero-order chi connectivity index (χ0) is 44.5. The molecule has 338 valence electrons. The second-order valence-electron chi connectivity index (χ2n) is 17.5. The predicted octanol–water partition coefficient (Wildman–Crippen LogP) is 5.97. The summed E-state index contributed by atoms with van der Waals surface area (Å²) in [7, 11) is 5.01. The molecule has 0 aliphatic carbocycles. The molecule has 10 rings (SSSR count). The van der Waals surface area contributed by atoms with Crippen LogP contribution < -0.4 is 33.7 Å². The van der Waals surface area contributed by atoms with Gasteiger partial charge in [-0.05, 0) is 74.5 Å². The number of esters is 3. The fourth-order valence-corrected chi connectivity index (χ4v) is 12.8. The number of hydrogen-bond acceptors (Lipinski definition) is 16. The lowest BCUT2D eigenvalue weighted by molar-refractivity contribution is -0.186. The molecular weight excluding hydrogens is 831 g/mol. The SMILES string of the molecule is CCCCCCCC(=O)Oc1cc2c(cc1OC)[C@@]1(CS[C@@H]3c4c(OC(C)=O)c(C)c5c(c4[C@H](COC1=O)N1C3[C@H]3c4c(cc(C)c(OC)c4O)C[C@H]([C@@H]1O)N3C)OCO5)NCC2. The largest absolute Gasteiger partial charge is 0.504 e. The number of carbonyl (C=O) groups is 3. The Morgan fingerprint density at radius 3 is 2.48 bits per heavy atom. The highest BCUT2D eigenvalue weighted by atomic mass is 32.2. The number of nitrogens with zero attached hydrogens (tertiary/aromatic N) is 2. The molecule has 4 bridgehead atoms. The van der Waals surface area contributed by atoms with Crippen LogP contribution in [0.4, 0.5) is 0 Å². The summed E-state index contributed by atoms with van der Waals surface area (Å²) in [5, 5.41) is 27.7. The predicted molar refractivity (Wildman–Crippen MR) is 232 cm³/mol. The average Bonchev–Trinajstić information content (AvgIpc) is 3.75. The molecule has 7 atom stereocenters. The van der Waals surface area contributed by atoms with Gasteiger partial charge in [0, 0.05) is 53.9 Å². The van der Waals surface area contributed by atoms with Gasteiger partial charge >= 0.3 is 17.9 Å². The molecular formula is C47H57N3O12S. The van der Waals surface area contributed by atoms with E-state index in [2.05, 4.69) is 17.1 Å². The van der Waals surface area contributed by atoms with Gasteiger partial charge in [-0.2, -0.15) is 0 Å². The number of phenolic OH excluding ortho intramolecular Hbond substituents is 1. The molecule has 63 heavy (non-hydrogen) atoms. The van der Waals surface area contributed by atoms with Crippen molar-refractivity contribution in [3.63, 3.8) is 0 Å². The number of aromatic hydroxyl groups is 1. The second kappa shape index (κ2) is 17.0. The minimum Gasteiger partial charge on any atom is -0.504 e. The van der Waals surface area contributed by atoms with Crippen molar-refractivity contribution in [1.29, 1.82) is 0 Å². The molecule has 3 aromatic rings. The number of methoxy groups -OCH3 is 2. The molecule has 0 radical (unpaired) electrons. The number of benzene rings is 3. The van der Waals surface area contributed by atoms with Crippen molar-refractivity contribution >= 4 is 29.7 Å². The number of fused-ring (bicyclic) bond motifs is 9. The molecule has 3 aromatic carbocycles. The van der Waals surface area contributed by atoms with Crippen LogP contribution >= 0.6 is 11.8 Å². The molecule has 7 heterocycles. The van der Waals surface area contributed by atoms with E-state index in [0.29, 0.717) is 81.7 Å². The summed E-state index contributed by atoms with van der Waals surface area (Å²) in [5.74, 6) is 0.939. The maximum Gasteiger partial charge on any atom is 0.331 e. The molecule has 7 aliphatic rings. The normalized spacial score (nSPS) is 26.8. The number of thioether (sulfide) groups is 1. The monoisotopic (exact) mass is 887 g/mol.